The van der Waals surface area contributed by atoms with Crippen molar-refractivity contribution in [3.8, 4) is 5.75 Å². The summed E-state index contributed by atoms with van der Waals surface area (Å²) in [4.78, 5) is 0. The van der Waals surface area contributed by atoms with Crippen molar-refractivity contribution in [2.45, 2.75) is 33.8 Å². The summed E-state index contributed by atoms with van der Waals surface area (Å²) >= 11 is 6.30. The number of rotatable bonds is 4. The van der Waals surface area contributed by atoms with Gasteiger partial charge in [-0.05, 0) is 37.5 Å². The van der Waals surface area contributed by atoms with Crippen LogP contribution in [0.5, 0.6) is 5.75 Å². The van der Waals surface area contributed by atoms with E-state index in [9.17, 15) is 0 Å². The topological polar surface area (TPSA) is 27.1 Å². The third-order valence-electron chi connectivity index (χ3n) is 3.21. The number of hydrogen-bond acceptors (Lipinski definition) is 2. The zero-order chi connectivity index (χ0) is 14.0. The first-order chi connectivity index (χ1) is 9.02. The van der Waals surface area contributed by atoms with Crippen molar-refractivity contribution in [2.24, 2.45) is 7.05 Å². The van der Waals surface area contributed by atoms with Gasteiger partial charge in [-0.3, -0.25) is 4.68 Å². The van der Waals surface area contributed by atoms with Crippen LogP contribution in [0.3, 0.4) is 0 Å². The molecule has 2 rings (SSSR count). The van der Waals surface area contributed by atoms with E-state index in [1.807, 2.05) is 27.0 Å². The Morgan fingerprint density at radius 1 is 1.32 bits per heavy atom. The van der Waals surface area contributed by atoms with E-state index >= 15 is 0 Å². The Labute approximate surface area is 119 Å². The van der Waals surface area contributed by atoms with Gasteiger partial charge >= 0.3 is 0 Å². The fourth-order valence-electron chi connectivity index (χ4n) is 1.99. The van der Waals surface area contributed by atoms with E-state index in [-0.39, 0.29) is 0 Å². The molecule has 0 bridgehead atoms. The van der Waals surface area contributed by atoms with Crippen LogP contribution < -0.4 is 4.74 Å². The summed E-state index contributed by atoms with van der Waals surface area (Å²) in [5.41, 5.74) is 4.15. The van der Waals surface area contributed by atoms with Crippen LogP contribution in [0.15, 0.2) is 18.2 Å². The molecule has 2 aromatic rings. The lowest BCUT2D eigenvalue weighted by Gasteiger charge is -2.10. The minimum absolute atomic E-state index is 0.437. The summed E-state index contributed by atoms with van der Waals surface area (Å²) in [5, 5.41) is 5.10. The van der Waals surface area contributed by atoms with Gasteiger partial charge in [-0.1, -0.05) is 30.7 Å². The van der Waals surface area contributed by atoms with Gasteiger partial charge in [0.25, 0.3) is 0 Å². The molecule has 0 radical (unpaired) electrons. The minimum atomic E-state index is 0.437. The Morgan fingerprint density at radius 2 is 2.05 bits per heavy atom. The van der Waals surface area contributed by atoms with Gasteiger partial charge in [0.05, 0.1) is 16.4 Å². The SMILES string of the molecule is CCc1nn(C)c(COc2cc(C)ccc2C)c1Cl. The predicted molar refractivity (Wildman–Crippen MR) is 77.8 cm³/mol. The third-order valence-corrected chi connectivity index (χ3v) is 3.65. The Balaban J connectivity index is 2.19. The van der Waals surface area contributed by atoms with E-state index in [0.29, 0.717) is 6.61 Å². The quantitative estimate of drug-likeness (QED) is 0.850. The summed E-state index contributed by atoms with van der Waals surface area (Å²) in [7, 11) is 1.90. The molecule has 1 heterocycles. The maximum Gasteiger partial charge on any atom is 0.131 e. The first-order valence-corrected chi connectivity index (χ1v) is 6.81. The first kappa shape index (κ1) is 13.9. The van der Waals surface area contributed by atoms with Gasteiger partial charge in [-0.2, -0.15) is 5.10 Å². The third kappa shape index (κ3) is 2.92. The van der Waals surface area contributed by atoms with Gasteiger partial charge in [0.2, 0.25) is 0 Å². The fourth-order valence-corrected chi connectivity index (χ4v) is 2.33. The molecule has 0 aliphatic rings. The molecular formula is C15H19ClN2O. The van der Waals surface area contributed by atoms with Crippen LogP contribution in [0.2, 0.25) is 5.02 Å². The van der Waals surface area contributed by atoms with Crippen LogP contribution in [0.1, 0.15) is 29.4 Å². The van der Waals surface area contributed by atoms with E-state index < -0.39 is 0 Å². The maximum atomic E-state index is 6.30. The van der Waals surface area contributed by atoms with Crippen molar-refractivity contribution in [1.29, 1.82) is 0 Å². The van der Waals surface area contributed by atoms with E-state index in [1.54, 1.807) is 4.68 Å². The van der Waals surface area contributed by atoms with Gasteiger partial charge in [-0.15, -0.1) is 0 Å². The molecule has 0 aliphatic heterocycles. The van der Waals surface area contributed by atoms with Crippen molar-refractivity contribution in [2.75, 3.05) is 0 Å². The standard InChI is InChI=1S/C15H19ClN2O/c1-5-12-15(16)13(18(4)17-12)9-19-14-8-10(2)6-7-11(14)3/h6-8H,5,9H2,1-4H3. The highest BCUT2D eigenvalue weighted by atomic mass is 35.5. The summed E-state index contributed by atoms with van der Waals surface area (Å²) in [6, 6.07) is 6.18. The van der Waals surface area contributed by atoms with Crippen molar-refractivity contribution in [1.82, 2.24) is 9.78 Å². The van der Waals surface area contributed by atoms with E-state index in [2.05, 4.69) is 24.2 Å². The summed E-state index contributed by atoms with van der Waals surface area (Å²) < 4.78 is 7.68. The number of nitrogens with zero attached hydrogens (tertiary/aromatic N) is 2. The molecule has 0 N–H and O–H groups in total. The van der Waals surface area contributed by atoms with Crippen molar-refractivity contribution < 1.29 is 4.74 Å². The Morgan fingerprint density at radius 3 is 2.68 bits per heavy atom. The predicted octanol–water partition coefficient (Wildman–Crippen LogP) is 3.83. The molecule has 1 aromatic heterocycles. The monoisotopic (exact) mass is 278 g/mol. The Hall–Kier alpha value is -1.48. The van der Waals surface area contributed by atoms with Crippen molar-refractivity contribution in [3.05, 3.63) is 45.7 Å². The van der Waals surface area contributed by atoms with Gasteiger partial charge in [-0.25, -0.2) is 0 Å². The lowest BCUT2D eigenvalue weighted by atomic mass is 10.1. The smallest absolute Gasteiger partial charge is 0.131 e. The number of aryl methyl sites for hydroxylation is 4. The zero-order valence-electron chi connectivity index (χ0n) is 11.8. The van der Waals surface area contributed by atoms with Crippen LogP contribution in [-0.2, 0) is 20.1 Å². The maximum absolute atomic E-state index is 6.30. The number of halogens is 1. The number of ether oxygens (including phenoxy) is 1. The van der Waals surface area contributed by atoms with Crippen LogP contribution in [0.25, 0.3) is 0 Å². The molecule has 1 aromatic carbocycles. The largest absolute Gasteiger partial charge is 0.487 e. The summed E-state index contributed by atoms with van der Waals surface area (Å²) in [6.45, 7) is 6.58. The Bertz CT molecular complexity index is 590. The van der Waals surface area contributed by atoms with Crippen molar-refractivity contribution in [3.63, 3.8) is 0 Å². The van der Waals surface area contributed by atoms with E-state index in [1.165, 1.54) is 5.56 Å². The zero-order valence-corrected chi connectivity index (χ0v) is 12.6. The Kier molecular flexibility index (Phi) is 4.15. The molecule has 0 fully saturated rings. The summed E-state index contributed by atoms with van der Waals surface area (Å²) in [6.07, 6.45) is 0.830. The molecule has 0 saturated carbocycles. The highest BCUT2D eigenvalue weighted by Gasteiger charge is 2.13. The molecule has 102 valence electrons. The molecule has 4 heteroatoms. The average Bonchev–Trinajstić information content (AvgIpc) is 2.66. The first-order valence-electron chi connectivity index (χ1n) is 6.43. The molecule has 0 aliphatic carbocycles. The second kappa shape index (κ2) is 5.66. The number of aromatic nitrogens is 2. The number of benzene rings is 1. The molecule has 0 amide bonds. The molecule has 0 saturated heterocycles. The molecule has 19 heavy (non-hydrogen) atoms. The lowest BCUT2D eigenvalue weighted by molar-refractivity contribution is 0.293. The molecule has 3 nitrogen and oxygen atoms in total. The van der Waals surface area contributed by atoms with E-state index in [0.717, 1.165) is 34.1 Å². The molecule has 0 atom stereocenters. The number of hydrogen-bond donors (Lipinski definition) is 0. The highest BCUT2D eigenvalue weighted by molar-refractivity contribution is 6.31. The van der Waals surface area contributed by atoms with Gasteiger partial charge in [0.15, 0.2) is 0 Å². The average molecular weight is 279 g/mol. The summed E-state index contributed by atoms with van der Waals surface area (Å²) in [5.74, 6) is 0.898. The van der Waals surface area contributed by atoms with Crippen LogP contribution in [0.4, 0.5) is 0 Å². The lowest BCUT2D eigenvalue weighted by Crippen LogP contribution is -2.04. The van der Waals surface area contributed by atoms with Gasteiger partial charge in [0, 0.05) is 7.05 Å². The van der Waals surface area contributed by atoms with Crippen LogP contribution in [0, 0.1) is 13.8 Å². The van der Waals surface area contributed by atoms with Gasteiger partial charge < -0.3 is 4.74 Å². The second-order valence-electron chi connectivity index (χ2n) is 4.74. The molecular weight excluding hydrogens is 260 g/mol. The van der Waals surface area contributed by atoms with Crippen LogP contribution >= 0.6 is 11.6 Å². The van der Waals surface area contributed by atoms with Crippen molar-refractivity contribution >= 4 is 11.6 Å². The highest BCUT2D eigenvalue weighted by Crippen LogP contribution is 2.24. The van der Waals surface area contributed by atoms with Gasteiger partial charge in [0.1, 0.15) is 12.4 Å². The van der Waals surface area contributed by atoms with E-state index in [4.69, 9.17) is 16.3 Å². The minimum Gasteiger partial charge on any atom is -0.487 e. The molecule has 0 spiro atoms. The second-order valence-corrected chi connectivity index (χ2v) is 5.12. The molecule has 0 unspecified atom stereocenters. The van der Waals surface area contributed by atoms with Crippen LogP contribution in [-0.4, -0.2) is 9.78 Å². The fraction of sp³-hybridized carbons (Fsp3) is 0.400. The normalized spacial score (nSPS) is 10.8.